The van der Waals surface area contributed by atoms with Crippen LogP contribution >= 0.6 is 0 Å². The van der Waals surface area contributed by atoms with Gasteiger partial charge in [0, 0.05) is 0 Å². The maximum atomic E-state index is 10.4. The quantitative estimate of drug-likeness (QED) is 0.599. The predicted molar refractivity (Wildman–Crippen MR) is 51.0 cm³/mol. The second-order valence-corrected chi connectivity index (χ2v) is 2.47. The van der Waals surface area contributed by atoms with Gasteiger partial charge in [0.05, 0.1) is 11.1 Å². The highest BCUT2D eigenvalue weighted by atomic mass is 16.6. The summed E-state index contributed by atoms with van der Waals surface area (Å²) in [7, 11) is 0. The van der Waals surface area contributed by atoms with Gasteiger partial charge in [-0.05, 0) is 18.2 Å². The van der Waals surface area contributed by atoms with Gasteiger partial charge in [0.25, 0.3) is 0 Å². The molecule has 0 saturated heterocycles. The van der Waals surface area contributed by atoms with Gasteiger partial charge < -0.3 is 20.4 Å². The highest BCUT2D eigenvalue weighted by Gasteiger charge is 2.06. The Labute approximate surface area is 89.2 Å². The molecule has 0 aromatic heterocycles. The maximum Gasteiger partial charge on any atom is 0.503 e. The van der Waals surface area contributed by atoms with Gasteiger partial charge in [-0.25, -0.2) is 14.4 Å². The van der Waals surface area contributed by atoms with Crippen molar-refractivity contribution in [3.05, 3.63) is 35.4 Å². The first kappa shape index (κ1) is 13.4. The third-order valence-electron chi connectivity index (χ3n) is 1.36. The van der Waals surface area contributed by atoms with Crippen LogP contribution in [0.25, 0.3) is 0 Å². The summed E-state index contributed by atoms with van der Waals surface area (Å²) in [6.07, 6.45) is -1.83. The van der Waals surface area contributed by atoms with Crippen LogP contribution in [0, 0.1) is 0 Å². The molecule has 0 aliphatic heterocycles. The SMILES string of the molecule is O=C(O)O.O=C(O)c1cccc(C(=O)O)c1. The zero-order valence-electron chi connectivity index (χ0n) is 7.82. The lowest BCUT2D eigenvalue weighted by Gasteiger charge is -1.95. The summed E-state index contributed by atoms with van der Waals surface area (Å²) in [5, 5.41) is 30.9. The molecule has 1 aromatic rings. The van der Waals surface area contributed by atoms with Crippen LogP contribution in [0.4, 0.5) is 4.79 Å². The molecule has 0 fully saturated rings. The molecule has 16 heavy (non-hydrogen) atoms. The lowest BCUT2D eigenvalue weighted by molar-refractivity contribution is 0.0696. The Morgan fingerprint density at radius 3 is 1.38 bits per heavy atom. The average Bonchev–Trinajstić information content (AvgIpc) is 2.17. The van der Waals surface area contributed by atoms with E-state index in [1.165, 1.54) is 18.2 Å². The number of carboxylic acid groups (broad SMARTS) is 4. The fraction of sp³-hybridized carbons (Fsp3) is 0. The highest BCUT2D eigenvalue weighted by Crippen LogP contribution is 2.04. The van der Waals surface area contributed by atoms with E-state index in [9.17, 15) is 9.59 Å². The van der Waals surface area contributed by atoms with E-state index in [-0.39, 0.29) is 11.1 Å². The predicted octanol–water partition coefficient (Wildman–Crippen LogP) is 1.31. The van der Waals surface area contributed by atoms with Crippen molar-refractivity contribution in [1.82, 2.24) is 0 Å². The van der Waals surface area contributed by atoms with E-state index in [0.29, 0.717) is 0 Å². The average molecular weight is 228 g/mol. The van der Waals surface area contributed by atoms with Crippen molar-refractivity contribution in [2.45, 2.75) is 0 Å². The van der Waals surface area contributed by atoms with Crippen molar-refractivity contribution < 1.29 is 34.8 Å². The van der Waals surface area contributed by atoms with Gasteiger partial charge in [-0.1, -0.05) is 6.07 Å². The molecular formula is C9H8O7. The second-order valence-electron chi connectivity index (χ2n) is 2.47. The standard InChI is InChI=1S/C8H6O4.CH2O3/c9-7(10)5-2-1-3-6(4-5)8(11)12;2-1(3)4/h1-4H,(H,9,10)(H,11,12);(H2,2,3,4). The van der Waals surface area contributed by atoms with Crippen LogP contribution < -0.4 is 0 Å². The summed E-state index contributed by atoms with van der Waals surface area (Å²) in [6, 6.07) is 5.20. The fourth-order valence-corrected chi connectivity index (χ4v) is 0.785. The lowest BCUT2D eigenvalue weighted by Crippen LogP contribution is -2.01. The van der Waals surface area contributed by atoms with E-state index in [4.69, 9.17) is 25.2 Å². The molecule has 0 aliphatic carbocycles. The van der Waals surface area contributed by atoms with Crippen LogP contribution in [0.2, 0.25) is 0 Å². The van der Waals surface area contributed by atoms with Gasteiger partial charge >= 0.3 is 18.1 Å². The smallest absolute Gasteiger partial charge is 0.478 e. The van der Waals surface area contributed by atoms with Crippen molar-refractivity contribution in [1.29, 1.82) is 0 Å². The fourth-order valence-electron chi connectivity index (χ4n) is 0.785. The Morgan fingerprint density at radius 2 is 1.12 bits per heavy atom. The number of carboxylic acids is 2. The highest BCUT2D eigenvalue weighted by molar-refractivity contribution is 5.93. The zero-order valence-corrected chi connectivity index (χ0v) is 7.82. The van der Waals surface area contributed by atoms with Crippen molar-refractivity contribution in [2.24, 2.45) is 0 Å². The summed E-state index contributed by atoms with van der Waals surface area (Å²) in [5.41, 5.74) is -0.0372. The third kappa shape index (κ3) is 5.22. The van der Waals surface area contributed by atoms with Gasteiger partial charge in [-0.2, -0.15) is 0 Å². The Kier molecular flexibility index (Phi) is 5.05. The van der Waals surface area contributed by atoms with Crippen LogP contribution in [0.5, 0.6) is 0 Å². The Balaban J connectivity index is 0.000000487. The molecular weight excluding hydrogens is 220 g/mol. The minimum absolute atomic E-state index is 0.0186. The van der Waals surface area contributed by atoms with Crippen molar-refractivity contribution in [3.63, 3.8) is 0 Å². The molecule has 0 spiro atoms. The van der Waals surface area contributed by atoms with Crippen molar-refractivity contribution >= 4 is 18.1 Å². The first-order chi connectivity index (χ1) is 7.34. The van der Waals surface area contributed by atoms with Gasteiger partial charge in [0.15, 0.2) is 0 Å². The third-order valence-corrected chi connectivity index (χ3v) is 1.36. The topological polar surface area (TPSA) is 132 Å². The van der Waals surface area contributed by atoms with Crippen LogP contribution in [-0.2, 0) is 0 Å². The molecule has 0 radical (unpaired) electrons. The monoisotopic (exact) mass is 228 g/mol. The molecule has 86 valence electrons. The summed E-state index contributed by atoms with van der Waals surface area (Å²) in [5.74, 6) is -2.25. The van der Waals surface area contributed by atoms with Gasteiger partial charge in [-0.3, -0.25) is 0 Å². The van der Waals surface area contributed by atoms with Crippen molar-refractivity contribution in [3.8, 4) is 0 Å². The van der Waals surface area contributed by atoms with Crippen LogP contribution in [-0.4, -0.2) is 38.5 Å². The largest absolute Gasteiger partial charge is 0.503 e. The molecule has 0 heterocycles. The number of hydrogen-bond acceptors (Lipinski definition) is 3. The van der Waals surface area contributed by atoms with Gasteiger partial charge in [0.1, 0.15) is 0 Å². The van der Waals surface area contributed by atoms with Crippen molar-refractivity contribution in [2.75, 3.05) is 0 Å². The Morgan fingerprint density at radius 1 is 0.812 bits per heavy atom. The molecule has 4 N–H and O–H groups in total. The lowest BCUT2D eigenvalue weighted by atomic mass is 10.1. The van der Waals surface area contributed by atoms with E-state index in [1.54, 1.807) is 0 Å². The van der Waals surface area contributed by atoms with E-state index in [2.05, 4.69) is 0 Å². The molecule has 1 aromatic carbocycles. The molecule has 0 aliphatic rings. The Hall–Kier alpha value is -2.57. The minimum atomic E-state index is -1.83. The molecule has 0 unspecified atom stereocenters. The van der Waals surface area contributed by atoms with Gasteiger partial charge in [0.2, 0.25) is 0 Å². The molecule has 0 saturated carbocycles. The molecule has 7 heteroatoms. The van der Waals surface area contributed by atoms with Crippen LogP contribution in [0.1, 0.15) is 20.7 Å². The first-order valence-corrected chi connectivity index (χ1v) is 3.83. The number of hydrogen-bond donors (Lipinski definition) is 4. The first-order valence-electron chi connectivity index (χ1n) is 3.83. The number of rotatable bonds is 2. The zero-order chi connectivity index (χ0) is 12.7. The molecule has 0 bridgehead atoms. The van der Waals surface area contributed by atoms with E-state index < -0.39 is 18.1 Å². The number of carbonyl (C=O) groups is 3. The second kappa shape index (κ2) is 6.02. The molecule has 1 rings (SSSR count). The van der Waals surface area contributed by atoms with E-state index in [0.717, 1.165) is 6.07 Å². The molecule has 7 nitrogen and oxygen atoms in total. The maximum absolute atomic E-state index is 10.4. The van der Waals surface area contributed by atoms with Crippen LogP contribution in [0.15, 0.2) is 24.3 Å². The summed E-state index contributed by atoms with van der Waals surface area (Å²) in [4.78, 5) is 29.3. The molecule has 0 amide bonds. The normalized spacial score (nSPS) is 8.50. The summed E-state index contributed by atoms with van der Waals surface area (Å²) < 4.78 is 0. The Bertz CT molecular complexity index is 377. The summed E-state index contributed by atoms with van der Waals surface area (Å²) in [6.45, 7) is 0. The number of aromatic carboxylic acids is 2. The van der Waals surface area contributed by atoms with E-state index in [1.807, 2.05) is 0 Å². The van der Waals surface area contributed by atoms with E-state index >= 15 is 0 Å². The summed E-state index contributed by atoms with van der Waals surface area (Å²) >= 11 is 0. The van der Waals surface area contributed by atoms with Crippen LogP contribution in [0.3, 0.4) is 0 Å². The molecule has 0 atom stereocenters. The minimum Gasteiger partial charge on any atom is -0.478 e. The number of benzene rings is 1. The van der Waals surface area contributed by atoms with Gasteiger partial charge in [-0.15, -0.1) is 0 Å².